The first-order valence-electron chi connectivity index (χ1n) is 13.8. The van der Waals surface area contributed by atoms with E-state index in [1.54, 1.807) is 12.1 Å². The molecule has 37 heavy (non-hydrogen) atoms. The maximum Gasteiger partial charge on any atom is 0.173 e. The Morgan fingerprint density at radius 2 is 1.08 bits per heavy atom. The molecule has 0 aliphatic carbocycles. The van der Waals surface area contributed by atoms with Gasteiger partial charge in [0.1, 0.15) is 10.1 Å². The van der Waals surface area contributed by atoms with Gasteiger partial charge in [0.2, 0.25) is 0 Å². The Kier molecular flexibility index (Phi) is 14.2. The molecule has 0 N–H and O–H groups in total. The summed E-state index contributed by atoms with van der Waals surface area (Å²) in [6, 6.07) is 19.3. The lowest BCUT2D eigenvalue weighted by molar-refractivity contribution is -0.688. The quantitative estimate of drug-likeness (QED) is 0.124. The summed E-state index contributed by atoms with van der Waals surface area (Å²) in [5.41, 5.74) is 5.06. The minimum atomic E-state index is -4.31. The highest BCUT2D eigenvalue weighted by molar-refractivity contribution is 7.85. The summed E-state index contributed by atoms with van der Waals surface area (Å²) in [5.74, 6) is 0. The summed E-state index contributed by atoms with van der Waals surface area (Å²) < 4.78 is 34.7. The fourth-order valence-corrected chi connectivity index (χ4v) is 4.65. The van der Waals surface area contributed by atoms with Crippen LogP contribution in [-0.4, -0.2) is 13.0 Å². The monoisotopic (exact) mass is 523 g/mol. The number of hydrogen-bond acceptors (Lipinski definition) is 3. The Bertz CT molecular complexity index is 1060. The number of hydrogen-bond donors (Lipinski definition) is 0. The van der Waals surface area contributed by atoms with Crippen LogP contribution in [0.1, 0.15) is 93.4 Å². The molecule has 0 radical (unpaired) electrons. The first kappa shape index (κ1) is 30.7. The first-order valence-corrected chi connectivity index (χ1v) is 15.2. The molecule has 1 heterocycles. The van der Waals surface area contributed by atoms with Crippen molar-refractivity contribution < 1.29 is 17.5 Å². The van der Waals surface area contributed by atoms with Crippen molar-refractivity contribution in [2.45, 2.75) is 103 Å². The van der Waals surface area contributed by atoms with Crippen molar-refractivity contribution in [3.8, 4) is 0 Å². The van der Waals surface area contributed by atoms with Gasteiger partial charge in [-0.3, -0.25) is 0 Å². The van der Waals surface area contributed by atoms with E-state index in [1.807, 2.05) is 0 Å². The zero-order valence-electron chi connectivity index (χ0n) is 23.0. The molecule has 3 aromatic rings. The van der Waals surface area contributed by atoms with E-state index in [9.17, 15) is 13.0 Å². The van der Waals surface area contributed by atoms with Gasteiger partial charge in [-0.25, -0.2) is 13.0 Å². The molecule has 5 heteroatoms. The van der Waals surface area contributed by atoms with E-state index in [-0.39, 0.29) is 4.90 Å². The molecule has 0 saturated heterocycles. The van der Waals surface area contributed by atoms with Gasteiger partial charge in [-0.15, -0.1) is 0 Å². The zero-order chi connectivity index (χ0) is 26.9. The SMILES string of the molecule is CCCCCCCCCCCCc1ccc(S(=O)(=O)[O-])cc1.Cc1ccc(C[n+]2ccc(C)cc2)cc1. The third kappa shape index (κ3) is 13.6. The lowest BCUT2D eigenvalue weighted by atomic mass is 10.0. The molecule has 0 aliphatic rings. The minimum absolute atomic E-state index is 0.140. The number of rotatable bonds is 14. The van der Waals surface area contributed by atoms with Crippen molar-refractivity contribution >= 4 is 10.1 Å². The number of pyridine rings is 1. The molecule has 4 nitrogen and oxygen atoms in total. The Morgan fingerprint density at radius 3 is 1.59 bits per heavy atom. The fourth-order valence-electron chi connectivity index (χ4n) is 4.18. The van der Waals surface area contributed by atoms with Gasteiger partial charge in [0.05, 0.1) is 4.90 Å². The predicted octanol–water partition coefficient (Wildman–Crippen LogP) is 7.69. The van der Waals surface area contributed by atoms with Crippen LogP contribution in [0.25, 0.3) is 0 Å². The van der Waals surface area contributed by atoms with Gasteiger partial charge in [0.25, 0.3) is 0 Å². The highest BCUT2D eigenvalue weighted by atomic mass is 32.2. The second-order valence-electron chi connectivity index (χ2n) is 10.1. The minimum Gasteiger partial charge on any atom is -0.744 e. The topological polar surface area (TPSA) is 61.1 Å². The van der Waals surface area contributed by atoms with Gasteiger partial charge >= 0.3 is 0 Å². The second-order valence-corrected chi connectivity index (χ2v) is 11.4. The van der Waals surface area contributed by atoms with Crippen LogP contribution in [0.3, 0.4) is 0 Å². The van der Waals surface area contributed by atoms with Gasteiger partial charge in [-0.2, -0.15) is 0 Å². The van der Waals surface area contributed by atoms with E-state index in [2.05, 4.69) is 74.1 Å². The Hall–Kier alpha value is -2.50. The van der Waals surface area contributed by atoms with E-state index in [4.69, 9.17) is 0 Å². The molecule has 202 valence electrons. The number of nitrogens with zero attached hydrogens (tertiary/aromatic N) is 1. The summed E-state index contributed by atoms with van der Waals surface area (Å²) in [4.78, 5) is -0.140. The summed E-state index contributed by atoms with van der Waals surface area (Å²) in [6.07, 6.45) is 18.3. The lowest BCUT2D eigenvalue weighted by Crippen LogP contribution is -2.33. The number of benzene rings is 2. The van der Waals surface area contributed by atoms with Crippen molar-refractivity contribution in [1.29, 1.82) is 0 Å². The van der Waals surface area contributed by atoms with Crippen molar-refractivity contribution in [2.24, 2.45) is 0 Å². The third-order valence-corrected chi connectivity index (χ3v) is 7.42. The molecule has 2 aromatic carbocycles. The van der Waals surface area contributed by atoms with Crippen LogP contribution >= 0.6 is 0 Å². The normalized spacial score (nSPS) is 11.1. The molecule has 0 fully saturated rings. The zero-order valence-corrected chi connectivity index (χ0v) is 23.8. The average Bonchev–Trinajstić information content (AvgIpc) is 2.88. The van der Waals surface area contributed by atoms with Crippen molar-refractivity contribution in [2.75, 3.05) is 0 Å². The molecule has 1 aromatic heterocycles. The first-order chi connectivity index (χ1) is 17.8. The molecule has 0 atom stereocenters. The Balaban J connectivity index is 0.000000278. The highest BCUT2D eigenvalue weighted by Gasteiger charge is 2.02. The molecule has 0 unspecified atom stereocenters. The van der Waals surface area contributed by atoms with Crippen LogP contribution in [0.15, 0.2) is 78.0 Å². The highest BCUT2D eigenvalue weighted by Crippen LogP contribution is 2.14. The molecule has 3 rings (SSSR count). The van der Waals surface area contributed by atoms with Crippen LogP contribution in [0, 0.1) is 13.8 Å². The van der Waals surface area contributed by atoms with Crippen LogP contribution in [0.4, 0.5) is 0 Å². The maximum absolute atomic E-state index is 10.8. The number of aromatic nitrogens is 1. The lowest BCUT2D eigenvalue weighted by Gasteiger charge is -2.08. The van der Waals surface area contributed by atoms with Gasteiger partial charge in [0, 0.05) is 17.7 Å². The van der Waals surface area contributed by atoms with Crippen LogP contribution in [0.5, 0.6) is 0 Å². The summed E-state index contributed by atoms with van der Waals surface area (Å²) in [5, 5.41) is 0. The number of unbranched alkanes of at least 4 members (excludes halogenated alkanes) is 9. The van der Waals surface area contributed by atoms with E-state index in [0.29, 0.717) is 0 Å². The van der Waals surface area contributed by atoms with Crippen LogP contribution < -0.4 is 4.57 Å². The third-order valence-electron chi connectivity index (χ3n) is 6.57. The smallest absolute Gasteiger partial charge is 0.173 e. The summed E-state index contributed by atoms with van der Waals surface area (Å²) in [6.45, 7) is 7.41. The van der Waals surface area contributed by atoms with Crippen LogP contribution in [0.2, 0.25) is 0 Å². The van der Waals surface area contributed by atoms with E-state index >= 15 is 0 Å². The van der Waals surface area contributed by atoms with E-state index in [1.165, 1.54) is 86.6 Å². The average molecular weight is 524 g/mol. The molecule has 0 spiro atoms. The second kappa shape index (κ2) is 17.1. The molecule has 0 amide bonds. The van der Waals surface area contributed by atoms with Crippen LogP contribution in [-0.2, 0) is 23.1 Å². The van der Waals surface area contributed by atoms with Crippen molar-refractivity contribution in [1.82, 2.24) is 0 Å². The fraction of sp³-hybridized carbons (Fsp3) is 0.469. The Labute approximate surface area is 225 Å². The molecule has 0 saturated carbocycles. The van der Waals surface area contributed by atoms with Gasteiger partial charge in [0.15, 0.2) is 18.9 Å². The molecule has 0 aliphatic heterocycles. The van der Waals surface area contributed by atoms with Gasteiger partial charge in [-0.1, -0.05) is 107 Å². The molecule has 0 bridgehead atoms. The van der Waals surface area contributed by atoms with Gasteiger partial charge in [-0.05, 0) is 49.9 Å². The maximum atomic E-state index is 10.8. The standard InChI is InChI=1S/C18H30O3S.C14H16N/c1-2-3-4-5-6-7-8-9-10-11-12-17-13-15-18(16-14-17)22(19,20)21;1-12-3-5-14(6-4-12)11-15-9-7-13(2)8-10-15/h13-16H,2-12H2,1H3,(H,19,20,21);3-10H,11H2,1-2H3/q;+1/p-1. The van der Waals surface area contributed by atoms with Gasteiger partial charge < -0.3 is 4.55 Å². The van der Waals surface area contributed by atoms with E-state index in [0.717, 1.165) is 24.9 Å². The van der Waals surface area contributed by atoms with E-state index < -0.39 is 10.1 Å². The number of aryl methyl sites for hydroxylation is 3. The Morgan fingerprint density at radius 1 is 0.622 bits per heavy atom. The van der Waals surface area contributed by atoms with Crippen molar-refractivity contribution in [3.63, 3.8) is 0 Å². The summed E-state index contributed by atoms with van der Waals surface area (Å²) in [7, 11) is -4.31. The van der Waals surface area contributed by atoms with Crippen molar-refractivity contribution in [3.05, 3.63) is 95.3 Å². The molecular weight excluding hydrogens is 478 g/mol. The molecular formula is C32H45NO3S. The predicted molar refractivity (Wildman–Crippen MR) is 152 cm³/mol. The largest absolute Gasteiger partial charge is 0.744 e. The summed E-state index contributed by atoms with van der Waals surface area (Å²) >= 11 is 0.